The van der Waals surface area contributed by atoms with Crippen molar-refractivity contribution in [2.75, 3.05) is 5.73 Å². The number of nitrogens with two attached hydrogens (primary N) is 1. The summed E-state index contributed by atoms with van der Waals surface area (Å²) < 4.78 is 10.8. The van der Waals surface area contributed by atoms with Crippen molar-refractivity contribution in [1.29, 1.82) is 0 Å². The molecule has 0 saturated carbocycles. The average molecular weight is 306 g/mol. The third-order valence-electron chi connectivity index (χ3n) is 2.54. The van der Waals surface area contributed by atoms with Gasteiger partial charge in [-0.15, -0.1) is 0 Å². The van der Waals surface area contributed by atoms with E-state index in [0.717, 1.165) is 11.1 Å². The number of anilines is 1. The molecule has 0 aliphatic carbocycles. The fourth-order valence-electron chi connectivity index (χ4n) is 1.74. The highest BCUT2D eigenvalue weighted by Gasteiger charge is 2.20. The molecule has 18 heavy (non-hydrogen) atoms. The molecule has 0 aliphatic heterocycles. The van der Waals surface area contributed by atoms with Gasteiger partial charge in [-0.3, -0.25) is 4.98 Å². The van der Waals surface area contributed by atoms with Gasteiger partial charge in [-0.2, -0.15) is 0 Å². The molecule has 0 aromatic carbocycles. The zero-order valence-corrected chi connectivity index (χ0v) is 10.7. The Morgan fingerprint density at radius 2 is 2.17 bits per heavy atom. The molecular formula is C12H8BrN3O2. The van der Waals surface area contributed by atoms with Gasteiger partial charge in [0.2, 0.25) is 5.88 Å². The molecule has 0 aliphatic rings. The lowest BCUT2D eigenvalue weighted by molar-refractivity contribution is 0.439. The van der Waals surface area contributed by atoms with Crippen LogP contribution in [0.25, 0.3) is 22.4 Å². The Kier molecular flexibility index (Phi) is 2.64. The third-order valence-corrected chi connectivity index (χ3v) is 3.16. The van der Waals surface area contributed by atoms with E-state index in [1.807, 2.05) is 12.1 Å². The summed E-state index contributed by atoms with van der Waals surface area (Å²) in [6.45, 7) is 0. The molecule has 0 bridgehead atoms. The maximum atomic E-state index is 5.83. The van der Waals surface area contributed by atoms with Crippen molar-refractivity contribution in [2.45, 2.75) is 0 Å². The summed E-state index contributed by atoms with van der Waals surface area (Å²) in [5.41, 5.74) is 8.80. The molecule has 3 rings (SSSR count). The lowest BCUT2D eigenvalue weighted by Gasteiger charge is -2.00. The van der Waals surface area contributed by atoms with Crippen LogP contribution in [0.3, 0.4) is 0 Å². The lowest BCUT2D eigenvalue weighted by Crippen LogP contribution is -1.87. The number of furan rings is 1. The van der Waals surface area contributed by atoms with Gasteiger partial charge in [0.1, 0.15) is 5.69 Å². The first kappa shape index (κ1) is 11.0. The van der Waals surface area contributed by atoms with E-state index in [0.29, 0.717) is 15.9 Å². The topological polar surface area (TPSA) is 78.1 Å². The fourth-order valence-corrected chi connectivity index (χ4v) is 2.17. The summed E-state index contributed by atoms with van der Waals surface area (Å²) in [4.78, 5) is 4.07. The van der Waals surface area contributed by atoms with Gasteiger partial charge in [0.25, 0.3) is 0 Å². The van der Waals surface area contributed by atoms with E-state index in [2.05, 4.69) is 26.1 Å². The predicted molar refractivity (Wildman–Crippen MR) is 69.5 cm³/mol. The summed E-state index contributed by atoms with van der Waals surface area (Å²) in [5, 5.41) is 3.98. The van der Waals surface area contributed by atoms with Crippen molar-refractivity contribution in [2.24, 2.45) is 0 Å². The Morgan fingerprint density at radius 1 is 1.28 bits per heavy atom. The predicted octanol–water partition coefficient (Wildman–Crippen LogP) is 3.34. The average Bonchev–Trinajstić information content (AvgIpc) is 2.96. The number of hydrogen-bond acceptors (Lipinski definition) is 5. The van der Waals surface area contributed by atoms with Gasteiger partial charge in [0.05, 0.1) is 17.4 Å². The van der Waals surface area contributed by atoms with E-state index >= 15 is 0 Å². The van der Waals surface area contributed by atoms with Crippen LogP contribution >= 0.6 is 15.9 Å². The largest absolute Gasteiger partial charge is 0.457 e. The van der Waals surface area contributed by atoms with Gasteiger partial charge < -0.3 is 14.7 Å². The minimum Gasteiger partial charge on any atom is -0.457 e. The van der Waals surface area contributed by atoms with E-state index in [1.54, 1.807) is 24.7 Å². The van der Waals surface area contributed by atoms with E-state index < -0.39 is 0 Å². The molecule has 0 amide bonds. The van der Waals surface area contributed by atoms with Crippen LogP contribution in [0.1, 0.15) is 0 Å². The summed E-state index contributed by atoms with van der Waals surface area (Å²) >= 11 is 3.31. The summed E-state index contributed by atoms with van der Waals surface area (Å²) in [7, 11) is 0. The van der Waals surface area contributed by atoms with Crippen LogP contribution in [0, 0.1) is 0 Å². The van der Waals surface area contributed by atoms with Crippen LogP contribution in [0.15, 0.2) is 50.5 Å². The second-order valence-electron chi connectivity index (χ2n) is 3.62. The number of halogens is 1. The van der Waals surface area contributed by atoms with Crippen LogP contribution in [0.5, 0.6) is 0 Å². The quantitative estimate of drug-likeness (QED) is 0.785. The highest BCUT2D eigenvalue weighted by molar-refractivity contribution is 9.10. The highest BCUT2D eigenvalue weighted by Crippen LogP contribution is 2.38. The van der Waals surface area contributed by atoms with E-state index in [4.69, 9.17) is 14.7 Å². The molecule has 3 aromatic heterocycles. The third kappa shape index (κ3) is 1.70. The number of nitrogen functional groups attached to an aromatic ring is 1. The molecule has 0 atom stereocenters. The minimum absolute atomic E-state index is 0.256. The molecule has 0 radical (unpaired) electrons. The monoisotopic (exact) mass is 305 g/mol. The maximum Gasteiger partial charge on any atom is 0.230 e. The molecule has 5 nitrogen and oxygen atoms in total. The molecule has 2 N–H and O–H groups in total. The number of pyridine rings is 1. The first-order chi connectivity index (χ1) is 8.77. The first-order valence-corrected chi connectivity index (χ1v) is 5.95. The molecule has 6 heteroatoms. The van der Waals surface area contributed by atoms with E-state index in [1.165, 1.54) is 0 Å². The minimum atomic E-state index is 0.256. The van der Waals surface area contributed by atoms with Crippen molar-refractivity contribution in [3.8, 4) is 22.4 Å². The van der Waals surface area contributed by atoms with E-state index in [-0.39, 0.29) is 5.88 Å². The summed E-state index contributed by atoms with van der Waals surface area (Å²) in [6.07, 6.45) is 4.97. The molecule has 0 unspecified atom stereocenters. The van der Waals surface area contributed by atoms with Crippen LogP contribution in [-0.2, 0) is 0 Å². The zero-order chi connectivity index (χ0) is 12.5. The molecule has 90 valence electrons. The van der Waals surface area contributed by atoms with Crippen LogP contribution in [0.2, 0.25) is 0 Å². The Labute approximate surface area is 111 Å². The Hall–Kier alpha value is -2.08. The fraction of sp³-hybridized carbons (Fsp3) is 0. The highest BCUT2D eigenvalue weighted by atomic mass is 79.9. The maximum absolute atomic E-state index is 5.83. The van der Waals surface area contributed by atoms with Gasteiger partial charge >= 0.3 is 0 Å². The number of aromatic nitrogens is 2. The Balaban J connectivity index is 2.22. The van der Waals surface area contributed by atoms with Crippen molar-refractivity contribution in [1.82, 2.24) is 10.1 Å². The van der Waals surface area contributed by atoms with Crippen molar-refractivity contribution < 1.29 is 8.94 Å². The van der Waals surface area contributed by atoms with Gasteiger partial charge in [-0.1, -0.05) is 11.2 Å². The van der Waals surface area contributed by atoms with Crippen molar-refractivity contribution in [3.05, 3.63) is 41.5 Å². The summed E-state index contributed by atoms with van der Waals surface area (Å²) in [6, 6.07) is 5.52. The van der Waals surface area contributed by atoms with Gasteiger partial charge in [0, 0.05) is 18.0 Å². The van der Waals surface area contributed by atoms with Crippen LogP contribution in [0.4, 0.5) is 5.88 Å². The smallest absolute Gasteiger partial charge is 0.230 e. The number of hydrogen-bond donors (Lipinski definition) is 1. The normalized spacial score (nSPS) is 10.7. The summed E-state index contributed by atoms with van der Waals surface area (Å²) in [5.74, 6) is 0.256. The first-order valence-electron chi connectivity index (χ1n) is 5.16. The molecular weight excluding hydrogens is 298 g/mol. The molecule has 0 spiro atoms. The van der Waals surface area contributed by atoms with Gasteiger partial charge in [0.15, 0.2) is 4.67 Å². The van der Waals surface area contributed by atoms with Crippen LogP contribution in [-0.4, -0.2) is 10.1 Å². The van der Waals surface area contributed by atoms with Crippen LogP contribution < -0.4 is 5.73 Å². The van der Waals surface area contributed by atoms with Gasteiger partial charge in [-0.25, -0.2) is 0 Å². The van der Waals surface area contributed by atoms with Gasteiger partial charge in [-0.05, 0) is 28.1 Å². The molecule has 3 aromatic rings. The Morgan fingerprint density at radius 3 is 2.83 bits per heavy atom. The van der Waals surface area contributed by atoms with Crippen molar-refractivity contribution >= 4 is 21.8 Å². The number of nitrogens with zero attached hydrogens (tertiary/aromatic N) is 2. The lowest BCUT2D eigenvalue weighted by atomic mass is 10.0. The number of rotatable bonds is 2. The molecule has 0 fully saturated rings. The SMILES string of the molecule is Nc1onc(-c2ccoc2Br)c1-c1cccnc1. The van der Waals surface area contributed by atoms with E-state index in [9.17, 15) is 0 Å². The second kappa shape index (κ2) is 4.30. The molecule has 3 heterocycles. The zero-order valence-electron chi connectivity index (χ0n) is 9.13. The standard InChI is InChI=1S/C12H8BrN3O2/c13-11-8(3-5-17-11)10-9(12(14)18-16-10)7-2-1-4-15-6-7/h1-6H,14H2. The molecule has 0 saturated heterocycles. The second-order valence-corrected chi connectivity index (χ2v) is 4.34. The Bertz CT molecular complexity index is 676. The van der Waals surface area contributed by atoms with Crippen molar-refractivity contribution in [3.63, 3.8) is 0 Å².